The minimum atomic E-state index is 0.330. The van der Waals surface area contributed by atoms with E-state index in [0.717, 1.165) is 5.56 Å². The van der Waals surface area contributed by atoms with Crippen molar-refractivity contribution in [1.82, 2.24) is 0 Å². The van der Waals surface area contributed by atoms with Crippen molar-refractivity contribution in [2.75, 3.05) is 5.73 Å². The average molecular weight is 187 g/mol. The second-order valence-corrected chi connectivity index (χ2v) is 2.94. The van der Waals surface area contributed by atoms with Gasteiger partial charge >= 0.3 is 0 Å². The molecule has 3 nitrogen and oxygen atoms in total. The molecule has 2 N–H and O–H groups in total. The van der Waals surface area contributed by atoms with Gasteiger partial charge in [-0.2, -0.15) is 0 Å². The van der Waals surface area contributed by atoms with E-state index in [4.69, 9.17) is 10.2 Å². The number of nitrogens with two attached hydrogens (primary N) is 1. The number of nitrogen functional groups attached to an aromatic ring is 1. The number of aldehydes is 1. The lowest BCUT2D eigenvalue weighted by Crippen LogP contribution is -1.82. The zero-order valence-corrected chi connectivity index (χ0v) is 7.44. The van der Waals surface area contributed by atoms with Gasteiger partial charge in [-0.3, -0.25) is 4.79 Å². The van der Waals surface area contributed by atoms with Crippen molar-refractivity contribution in [3.63, 3.8) is 0 Å². The van der Waals surface area contributed by atoms with Crippen LogP contribution < -0.4 is 5.73 Å². The van der Waals surface area contributed by atoms with Crippen molar-refractivity contribution in [2.24, 2.45) is 0 Å². The third kappa shape index (κ3) is 1.52. The first-order valence-corrected chi connectivity index (χ1v) is 4.20. The van der Waals surface area contributed by atoms with Gasteiger partial charge in [-0.25, -0.2) is 0 Å². The fourth-order valence-electron chi connectivity index (χ4n) is 1.22. The van der Waals surface area contributed by atoms with Gasteiger partial charge in [0.15, 0.2) is 12.0 Å². The van der Waals surface area contributed by atoms with Gasteiger partial charge in [-0.15, -0.1) is 0 Å². The molecule has 3 heteroatoms. The second kappa shape index (κ2) is 3.38. The Labute approximate surface area is 81.1 Å². The highest BCUT2D eigenvalue weighted by Gasteiger charge is 2.02. The molecule has 0 spiro atoms. The van der Waals surface area contributed by atoms with Crippen molar-refractivity contribution in [3.8, 4) is 11.3 Å². The van der Waals surface area contributed by atoms with Crippen LogP contribution in [0.25, 0.3) is 11.3 Å². The molecule has 1 aromatic carbocycles. The molecule has 0 saturated heterocycles. The largest absolute Gasteiger partial charge is 0.453 e. The van der Waals surface area contributed by atoms with Crippen LogP contribution in [-0.4, -0.2) is 6.29 Å². The van der Waals surface area contributed by atoms with Crippen LogP contribution in [0.3, 0.4) is 0 Å². The molecule has 0 fully saturated rings. The van der Waals surface area contributed by atoms with Crippen molar-refractivity contribution in [3.05, 3.63) is 42.2 Å². The second-order valence-electron chi connectivity index (χ2n) is 2.94. The minimum Gasteiger partial charge on any atom is -0.453 e. The standard InChI is InChI=1S/C11H9NO2/c12-9-3-1-8(2-4-9)11-6-5-10(7-13)14-11/h1-7H,12H2. The summed E-state index contributed by atoms with van der Waals surface area (Å²) in [5.41, 5.74) is 7.16. The van der Waals surface area contributed by atoms with Gasteiger partial charge in [0.1, 0.15) is 5.76 Å². The fraction of sp³-hybridized carbons (Fsp3) is 0. The SMILES string of the molecule is Nc1ccc(-c2ccc(C=O)o2)cc1. The number of anilines is 1. The van der Waals surface area contributed by atoms with Crippen LogP contribution in [0.4, 0.5) is 5.69 Å². The lowest BCUT2D eigenvalue weighted by Gasteiger charge is -1.96. The smallest absolute Gasteiger partial charge is 0.185 e. The first kappa shape index (κ1) is 8.56. The van der Waals surface area contributed by atoms with Gasteiger partial charge in [0.2, 0.25) is 0 Å². The Morgan fingerprint density at radius 2 is 1.79 bits per heavy atom. The Balaban J connectivity index is 2.39. The van der Waals surface area contributed by atoms with E-state index in [0.29, 0.717) is 23.5 Å². The summed E-state index contributed by atoms with van der Waals surface area (Å²) in [6.07, 6.45) is 0.681. The van der Waals surface area contributed by atoms with E-state index >= 15 is 0 Å². The number of furan rings is 1. The monoisotopic (exact) mass is 187 g/mol. The summed E-state index contributed by atoms with van der Waals surface area (Å²) in [5.74, 6) is 1.00. The van der Waals surface area contributed by atoms with Gasteiger partial charge in [0.25, 0.3) is 0 Å². The Hall–Kier alpha value is -2.03. The fourth-order valence-corrected chi connectivity index (χ4v) is 1.22. The molecule has 0 aliphatic carbocycles. The maximum Gasteiger partial charge on any atom is 0.185 e. The van der Waals surface area contributed by atoms with Gasteiger partial charge < -0.3 is 10.2 Å². The van der Waals surface area contributed by atoms with E-state index in [-0.39, 0.29) is 0 Å². The third-order valence-corrected chi connectivity index (χ3v) is 1.94. The van der Waals surface area contributed by atoms with E-state index in [1.165, 1.54) is 0 Å². The molecular formula is C11H9NO2. The van der Waals surface area contributed by atoms with Gasteiger partial charge in [0.05, 0.1) is 0 Å². The summed E-state index contributed by atoms with van der Waals surface area (Å²) in [7, 11) is 0. The Morgan fingerprint density at radius 1 is 1.07 bits per heavy atom. The molecule has 14 heavy (non-hydrogen) atoms. The highest BCUT2D eigenvalue weighted by Crippen LogP contribution is 2.22. The topological polar surface area (TPSA) is 56.2 Å². The Kier molecular flexibility index (Phi) is 2.07. The first-order valence-electron chi connectivity index (χ1n) is 4.20. The maximum absolute atomic E-state index is 10.4. The van der Waals surface area contributed by atoms with Gasteiger partial charge in [-0.05, 0) is 36.4 Å². The van der Waals surface area contributed by atoms with Crippen LogP contribution >= 0.6 is 0 Å². The van der Waals surface area contributed by atoms with Gasteiger partial charge in [-0.1, -0.05) is 0 Å². The summed E-state index contributed by atoms with van der Waals surface area (Å²) in [4.78, 5) is 10.4. The third-order valence-electron chi connectivity index (χ3n) is 1.94. The molecule has 0 radical (unpaired) electrons. The van der Waals surface area contributed by atoms with Crippen LogP contribution in [-0.2, 0) is 0 Å². The summed E-state index contributed by atoms with van der Waals surface area (Å²) < 4.78 is 5.25. The van der Waals surface area contributed by atoms with E-state index < -0.39 is 0 Å². The number of carbonyl (C=O) groups is 1. The molecule has 0 aliphatic heterocycles. The summed E-state index contributed by atoms with van der Waals surface area (Å²) >= 11 is 0. The number of hydrogen-bond donors (Lipinski definition) is 1. The molecule has 2 aromatic rings. The van der Waals surface area contributed by atoms with Crippen LogP contribution in [0.1, 0.15) is 10.6 Å². The van der Waals surface area contributed by atoms with Crippen LogP contribution in [0.5, 0.6) is 0 Å². The van der Waals surface area contributed by atoms with E-state index in [1.54, 1.807) is 24.3 Å². The Bertz CT molecular complexity index is 443. The molecule has 1 heterocycles. The molecule has 0 unspecified atom stereocenters. The van der Waals surface area contributed by atoms with Crippen molar-refractivity contribution < 1.29 is 9.21 Å². The van der Waals surface area contributed by atoms with Crippen molar-refractivity contribution in [1.29, 1.82) is 0 Å². The number of rotatable bonds is 2. The molecule has 2 rings (SSSR count). The number of benzene rings is 1. The molecule has 1 aromatic heterocycles. The molecule has 70 valence electrons. The van der Waals surface area contributed by atoms with Crippen LogP contribution in [0.15, 0.2) is 40.8 Å². The average Bonchev–Trinajstić information content (AvgIpc) is 2.67. The molecule has 0 amide bonds. The molecular weight excluding hydrogens is 178 g/mol. The van der Waals surface area contributed by atoms with E-state index in [1.807, 2.05) is 12.1 Å². The summed E-state index contributed by atoms with van der Waals surface area (Å²) in [6, 6.07) is 10.7. The van der Waals surface area contributed by atoms with E-state index in [9.17, 15) is 4.79 Å². The molecule has 0 atom stereocenters. The number of carbonyl (C=O) groups excluding carboxylic acids is 1. The zero-order chi connectivity index (χ0) is 9.97. The molecule has 0 bridgehead atoms. The lowest BCUT2D eigenvalue weighted by molar-refractivity contribution is 0.110. The predicted octanol–water partition coefficient (Wildman–Crippen LogP) is 2.34. The predicted molar refractivity (Wildman–Crippen MR) is 53.9 cm³/mol. The summed E-state index contributed by atoms with van der Waals surface area (Å²) in [5, 5.41) is 0. The van der Waals surface area contributed by atoms with Crippen LogP contribution in [0, 0.1) is 0 Å². The van der Waals surface area contributed by atoms with Gasteiger partial charge in [0, 0.05) is 11.3 Å². The molecule has 0 aliphatic rings. The lowest BCUT2D eigenvalue weighted by atomic mass is 10.1. The quantitative estimate of drug-likeness (QED) is 0.580. The first-order chi connectivity index (χ1) is 6.79. The highest BCUT2D eigenvalue weighted by molar-refractivity contribution is 5.73. The normalized spacial score (nSPS) is 10.0. The highest BCUT2D eigenvalue weighted by atomic mass is 16.3. The zero-order valence-electron chi connectivity index (χ0n) is 7.44. The maximum atomic E-state index is 10.4. The van der Waals surface area contributed by atoms with E-state index in [2.05, 4.69) is 0 Å². The summed E-state index contributed by atoms with van der Waals surface area (Å²) in [6.45, 7) is 0. The minimum absolute atomic E-state index is 0.330. The Morgan fingerprint density at radius 3 is 2.36 bits per heavy atom. The number of hydrogen-bond acceptors (Lipinski definition) is 3. The van der Waals surface area contributed by atoms with Crippen LogP contribution in [0.2, 0.25) is 0 Å². The van der Waals surface area contributed by atoms with Crippen molar-refractivity contribution >= 4 is 12.0 Å². The van der Waals surface area contributed by atoms with Crippen molar-refractivity contribution in [2.45, 2.75) is 0 Å². The molecule has 0 saturated carbocycles.